The fourth-order valence-corrected chi connectivity index (χ4v) is 2.06. The largest absolute Gasteiger partial charge is 0.469 e. The second-order valence-electron chi connectivity index (χ2n) is 4.75. The van der Waals surface area contributed by atoms with Crippen molar-refractivity contribution in [2.75, 3.05) is 20.8 Å². The summed E-state index contributed by atoms with van der Waals surface area (Å²) < 4.78 is 14.5. The van der Waals surface area contributed by atoms with Crippen LogP contribution in [0.5, 0.6) is 0 Å². The van der Waals surface area contributed by atoms with E-state index in [0.717, 1.165) is 6.42 Å². The Labute approximate surface area is 117 Å². The van der Waals surface area contributed by atoms with Gasteiger partial charge in [-0.05, 0) is 19.3 Å². The monoisotopic (exact) mass is 287 g/mol. The van der Waals surface area contributed by atoms with Gasteiger partial charge in [-0.1, -0.05) is 6.92 Å². The van der Waals surface area contributed by atoms with Crippen LogP contribution >= 0.6 is 0 Å². The second kappa shape index (κ2) is 7.84. The third-order valence-corrected chi connectivity index (χ3v) is 3.22. The summed E-state index contributed by atoms with van der Waals surface area (Å²) in [5, 5.41) is 2.57. The van der Waals surface area contributed by atoms with Crippen molar-refractivity contribution in [2.24, 2.45) is 5.92 Å². The van der Waals surface area contributed by atoms with Gasteiger partial charge in [0.15, 0.2) is 0 Å². The van der Waals surface area contributed by atoms with Crippen LogP contribution in [0.15, 0.2) is 0 Å². The minimum Gasteiger partial charge on any atom is -0.469 e. The van der Waals surface area contributed by atoms with Crippen molar-refractivity contribution in [3.8, 4) is 0 Å². The Morgan fingerprint density at radius 2 is 1.90 bits per heavy atom. The summed E-state index contributed by atoms with van der Waals surface area (Å²) in [4.78, 5) is 35.0. The smallest absolute Gasteiger partial charge is 0.328 e. The number of nitrogens with one attached hydrogen (secondary N) is 1. The fraction of sp³-hybridized carbons (Fsp3) is 0.769. The zero-order valence-corrected chi connectivity index (χ0v) is 12.0. The molecule has 1 amide bonds. The van der Waals surface area contributed by atoms with Crippen LogP contribution in [0.3, 0.4) is 0 Å². The van der Waals surface area contributed by atoms with Crippen LogP contribution in [0.2, 0.25) is 0 Å². The third kappa shape index (κ3) is 4.48. The first-order valence-electron chi connectivity index (χ1n) is 6.57. The zero-order valence-electron chi connectivity index (χ0n) is 12.0. The number of esters is 2. The molecule has 0 spiro atoms. The molecule has 1 N–H and O–H groups in total. The Morgan fingerprint density at radius 1 is 1.25 bits per heavy atom. The standard InChI is InChI=1S/C13H21NO6/c1-8(12(16)18-2)7-9(13(17)19-3)14-11(15)10-5-4-6-20-10/h8-10H,4-7H2,1-3H3,(H,14,15)/t8-,9+,10-/m0/s1. The number of carbonyl (C=O) groups is 3. The number of ether oxygens (including phenoxy) is 3. The highest BCUT2D eigenvalue weighted by Gasteiger charge is 2.31. The molecule has 0 saturated carbocycles. The molecule has 1 saturated heterocycles. The normalized spacial score (nSPS) is 20.9. The molecule has 1 aliphatic rings. The number of rotatable bonds is 6. The lowest BCUT2D eigenvalue weighted by Gasteiger charge is -2.20. The molecule has 1 fully saturated rings. The van der Waals surface area contributed by atoms with E-state index in [1.165, 1.54) is 14.2 Å². The van der Waals surface area contributed by atoms with Crippen LogP contribution in [0.4, 0.5) is 0 Å². The van der Waals surface area contributed by atoms with Gasteiger partial charge >= 0.3 is 11.9 Å². The first-order valence-corrected chi connectivity index (χ1v) is 6.57. The van der Waals surface area contributed by atoms with Gasteiger partial charge in [-0.3, -0.25) is 9.59 Å². The van der Waals surface area contributed by atoms with Gasteiger partial charge in [0.25, 0.3) is 0 Å². The maximum atomic E-state index is 11.9. The Balaban J connectivity index is 2.61. The predicted molar refractivity (Wildman–Crippen MR) is 68.7 cm³/mol. The van der Waals surface area contributed by atoms with E-state index in [0.29, 0.717) is 13.0 Å². The molecule has 0 aromatic heterocycles. The number of hydrogen-bond acceptors (Lipinski definition) is 6. The summed E-state index contributed by atoms with van der Waals surface area (Å²) in [6.45, 7) is 2.17. The average Bonchev–Trinajstić information content (AvgIpc) is 2.98. The summed E-state index contributed by atoms with van der Waals surface area (Å²) in [6, 6.07) is -0.884. The summed E-state index contributed by atoms with van der Waals surface area (Å²) in [5.41, 5.74) is 0. The Bertz CT molecular complexity index is 364. The van der Waals surface area contributed by atoms with E-state index in [4.69, 9.17) is 4.74 Å². The molecule has 0 aromatic rings. The number of carbonyl (C=O) groups excluding carboxylic acids is 3. The first kappa shape index (κ1) is 16.4. The molecule has 7 nitrogen and oxygen atoms in total. The summed E-state index contributed by atoms with van der Waals surface area (Å²) in [5.74, 6) is -1.90. The van der Waals surface area contributed by atoms with E-state index >= 15 is 0 Å². The number of hydrogen-bond donors (Lipinski definition) is 1. The fourth-order valence-electron chi connectivity index (χ4n) is 2.06. The van der Waals surface area contributed by atoms with E-state index in [-0.39, 0.29) is 12.3 Å². The van der Waals surface area contributed by atoms with Crippen molar-refractivity contribution < 1.29 is 28.6 Å². The molecule has 0 radical (unpaired) electrons. The number of methoxy groups -OCH3 is 2. The van der Waals surface area contributed by atoms with Crippen molar-refractivity contribution in [2.45, 2.75) is 38.3 Å². The average molecular weight is 287 g/mol. The lowest BCUT2D eigenvalue weighted by atomic mass is 10.0. The molecule has 1 rings (SSSR count). The molecule has 1 heterocycles. The van der Waals surface area contributed by atoms with Crippen molar-refractivity contribution in [1.29, 1.82) is 0 Å². The summed E-state index contributed by atoms with van der Waals surface area (Å²) in [7, 11) is 2.51. The maximum absolute atomic E-state index is 11.9. The van der Waals surface area contributed by atoms with Crippen LogP contribution in [-0.2, 0) is 28.6 Å². The third-order valence-electron chi connectivity index (χ3n) is 3.22. The van der Waals surface area contributed by atoms with Crippen molar-refractivity contribution >= 4 is 17.8 Å². The van der Waals surface area contributed by atoms with Crippen molar-refractivity contribution in [3.05, 3.63) is 0 Å². The van der Waals surface area contributed by atoms with Crippen LogP contribution in [-0.4, -0.2) is 50.8 Å². The topological polar surface area (TPSA) is 90.9 Å². The van der Waals surface area contributed by atoms with Crippen LogP contribution in [0.25, 0.3) is 0 Å². The van der Waals surface area contributed by atoms with Crippen LogP contribution < -0.4 is 5.32 Å². The molecule has 7 heteroatoms. The molecule has 1 aliphatic heterocycles. The number of amides is 1. The molecule has 20 heavy (non-hydrogen) atoms. The van der Waals surface area contributed by atoms with Gasteiger partial charge in [-0.25, -0.2) is 4.79 Å². The van der Waals surface area contributed by atoms with E-state index in [2.05, 4.69) is 14.8 Å². The maximum Gasteiger partial charge on any atom is 0.328 e. The van der Waals surface area contributed by atoms with Gasteiger partial charge in [-0.2, -0.15) is 0 Å². The molecule has 0 unspecified atom stereocenters. The highest BCUT2D eigenvalue weighted by molar-refractivity contribution is 5.87. The molecular weight excluding hydrogens is 266 g/mol. The van der Waals surface area contributed by atoms with E-state index < -0.39 is 30.0 Å². The second-order valence-corrected chi connectivity index (χ2v) is 4.75. The van der Waals surface area contributed by atoms with Gasteiger partial charge < -0.3 is 19.5 Å². The zero-order chi connectivity index (χ0) is 15.1. The first-order chi connectivity index (χ1) is 9.49. The molecule has 0 bridgehead atoms. The quantitative estimate of drug-likeness (QED) is 0.693. The lowest BCUT2D eigenvalue weighted by Crippen LogP contribution is -2.47. The van der Waals surface area contributed by atoms with E-state index in [9.17, 15) is 14.4 Å². The molecule has 0 aliphatic carbocycles. The highest BCUT2D eigenvalue weighted by atomic mass is 16.5. The Hall–Kier alpha value is -1.63. The highest BCUT2D eigenvalue weighted by Crippen LogP contribution is 2.14. The van der Waals surface area contributed by atoms with E-state index in [1.807, 2.05) is 0 Å². The SMILES string of the molecule is COC(=O)[C@@H](C)C[C@@H](NC(=O)[C@@H]1CCCO1)C(=O)OC. The minimum atomic E-state index is -0.884. The van der Waals surface area contributed by atoms with E-state index in [1.54, 1.807) is 6.92 Å². The van der Waals surface area contributed by atoms with Crippen LogP contribution in [0, 0.1) is 5.92 Å². The van der Waals surface area contributed by atoms with Gasteiger partial charge in [0, 0.05) is 6.61 Å². The lowest BCUT2D eigenvalue weighted by molar-refractivity contribution is -0.149. The van der Waals surface area contributed by atoms with Gasteiger partial charge in [0.05, 0.1) is 20.1 Å². The predicted octanol–water partition coefficient (Wildman–Crippen LogP) is 0.0224. The van der Waals surface area contributed by atoms with Crippen molar-refractivity contribution in [1.82, 2.24) is 5.32 Å². The van der Waals surface area contributed by atoms with Gasteiger partial charge in [0.2, 0.25) is 5.91 Å². The molecule has 114 valence electrons. The van der Waals surface area contributed by atoms with Gasteiger partial charge in [-0.15, -0.1) is 0 Å². The van der Waals surface area contributed by atoms with Crippen LogP contribution in [0.1, 0.15) is 26.2 Å². The molecule has 3 atom stereocenters. The van der Waals surface area contributed by atoms with Gasteiger partial charge in [0.1, 0.15) is 12.1 Å². The minimum absolute atomic E-state index is 0.123. The molecule has 0 aromatic carbocycles. The summed E-state index contributed by atoms with van der Waals surface area (Å²) >= 11 is 0. The van der Waals surface area contributed by atoms with Crippen molar-refractivity contribution in [3.63, 3.8) is 0 Å². The Kier molecular flexibility index (Phi) is 6.44. The Morgan fingerprint density at radius 3 is 2.40 bits per heavy atom. The summed E-state index contributed by atoms with van der Waals surface area (Å²) in [6.07, 6.45) is 1.04. The molecular formula is C13H21NO6.